The van der Waals surface area contributed by atoms with Gasteiger partial charge in [0, 0.05) is 39.1 Å². The highest BCUT2D eigenvalue weighted by atomic mass is 127. The molecule has 0 fully saturated rings. The zero-order valence-electron chi connectivity index (χ0n) is 14.8. The average molecular weight is 491 g/mol. The summed E-state index contributed by atoms with van der Waals surface area (Å²) in [5, 5.41) is 10.5. The van der Waals surface area contributed by atoms with Gasteiger partial charge in [-0.25, -0.2) is 8.42 Å². The molecule has 0 radical (unpaired) electrons. The van der Waals surface area contributed by atoms with Gasteiger partial charge in [-0.05, 0) is 31.0 Å². The molecule has 1 aromatic heterocycles. The van der Waals surface area contributed by atoms with Crippen LogP contribution in [0.15, 0.2) is 58.7 Å². The maximum absolute atomic E-state index is 12.2. The Labute approximate surface area is 172 Å². The second-order valence-corrected chi connectivity index (χ2v) is 7.64. The third-order valence-electron chi connectivity index (χ3n) is 3.62. The molecule has 9 heteroatoms. The first-order valence-electron chi connectivity index (χ1n) is 8.31. The molecular weight excluding hydrogens is 465 g/mol. The lowest BCUT2D eigenvalue weighted by atomic mass is 10.4. The van der Waals surface area contributed by atoms with E-state index in [1.54, 1.807) is 37.5 Å². The fraction of sp³-hybridized carbons (Fsp3) is 0.412. The molecule has 2 aromatic rings. The van der Waals surface area contributed by atoms with E-state index in [1.165, 1.54) is 0 Å². The third-order valence-corrected chi connectivity index (χ3v) is 5.44. The molecule has 0 amide bonds. The Hall–Kier alpha value is -1.62. The Balaban J connectivity index is 0.00000338. The van der Waals surface area contributed by atoms with Gasteiger partial charge in [0.25, 0.3) is 0 Å². The van der Waals surface area contributed by atoms with Gasteiger partial charge in [0.15, 0.2) is 15.8 Å². The molecule has 2 rings (SSSR count). The van der Waals surface area contributed by atoms with Gasteiger partial charge in [0.05, 0.1) is 10.6 Å². The Morgan fingerprint density at radius 2 is 1.81 bits per heavy atom. The van der Waals surface area contributed by atoms with Crippen molar-refractivity contribution in [1.82, 2.24) is 20.4 Å². The van der Waals surface area contributed by atoms with Crippen LogP contribution in [-0.2, 0) is 16.4 Å². The van der Waals surface area contributed by atoms with E-state index < -0.39 is 9.84 Å². The van der Waals surface area contributed by atoms with Gasteiger partial charge in [0.1, 0.15) is 0 Å². The van der Waals surface area contributed by atoms with Crippen molar-refractivity contribution in [3.05, 3.63) is 48.8 Å². The lowest BCUT2D eigenvalue weighted by molar-refractivity contribution is 0.570. The molecule has 7 nitrogen and oxygen atoms in total. The first-order valence-corrected chi connectivity index (χ1v) is 9.97. The van der Waals surface area contributed by atoms with Crippen molar-refractivity contribution in [1.29, 1.82) is 0 Å². The SMILES string of the molecule is CN=C(NCCCn1cccn1)NCCCS(=O)(=O)c1ccccc1.I. The summed E-state index contributed by atoms with van der Waals surface area (Å²) < 4.78 is 26.3. The van der Waals surface area contributed by atoms with E-state index in [9.17, 15) is 8.42 Å². The molecule has 0 atom stereocenters. The third kappa shape index (κ3) is 7.73. The second-order valence-electron chi connectivity index (χ2n) is 5.53. The number of guanidine groups is 1. The molecule has 0 saturated carbocycles. The molecule has 0 unspecified atom stereocenters. The van der Waals surface area contributed by atoms with Crippen molar-refractivity contribution in [3.8, 4) is 0 Å². The molecule has 144 valence electrons. The second kappa shape index (κ2) is 11.9. The molecule has 0 aliphatic rings. The van der Waals surface area contributed by atoms with E-state index in [0.29, 0.717) is 23.8 Å². The van der Waals surface area contributed by atoms with Gasteiger partial charge in [0.2, 0.25) is 0 Å². The van der Waals surface area contributed by atoms with Crippen LogP contribution in [0, 0.1) is 0 Å². The minimum absolute atomic E-state index is 0. The predicted molar refractivity (Wildman–Crippen MR) is 115 cm³/mol. The normalized spacial score (nSPS) is 11.7. The molecular formula is C17H26IN5O2S. The number of halogens is 1. The van der Waals surface area contributed by atoms with Crippen LogP contribution in [0.5, 0.6) is 0 Å². The molecule has 0 saturated heterocycles. The van der Waals surface area contributed by atoms with Crippen molar-refractivity contribution in [2.45, 2.75) is 24.3 Å². The number of rotatable bonds is 9. The molecule has 0 aliphatic heterocycles. The summed E-state index contributed by atoms with van der Waals surface area (Å²) in [6, 6.07) is 10.4. The average Bonchev–Trinajstić information content (AvgIpc) is 3.14. The van der Waals surface area contributed by atoms with E-state index in [1.807, 2.05) is 23.0 Å². The van der Waals surface area contributed by atoms with E-state index in [-0.39, 0.29) is 29.7 Å². The van der Waals surface area contributed by atoms with Gasteiger partial charge < -0.3 is 10.6 Å². The van der Waals surface area contributed by atoms with Crippen LogP contribution in [0.3, 0.4) is 0 Å². The molecule has 1 heterocycles. The standard InChI is InChI=1S/C17H25N5O2S.HI/c1-18-17(19-10-5-13-22-14-6-12-21-22)20-11-7-15-25(23,24)16-8-3-2-4-9-16;/h2-4,6,8-9,12,14H,5,7,10-11,13,15H2,1H3,(H2,18,19,20);1H. The topological polar surface area (TPSA) is 88.4 Å². The van der Waals surface area contributed by atoms with Gasteiger partial charge in [-0.1, -0.05) is 18.2 Å². The van der Waals surface area contributed by atoms with Crippen LogP contribution in [0.1, 0.15) is 12.8 Å². The summed E-state index contributed by atoms with van der Waals surface area (Å²) in [6.45, 7) is 2.15. The number of benzene rings is 1. The molecule has 26 heavy (non-hydrogen) atoms. The molecule has 0 spiro atoms. The summed E-state index contributed by atoms with van der Waals surface area (Å²) in [4.78, 5) is 4.51. The summed E-state index contributed by atoms with van der Waals surface area (Å²) in [5.74, 6) is 0.790. The number of hydrogen-bond acceptors (Lipinski definition) is 4. The Kier molecular flexibility index (Phi) is 10.3. The number of nitrogens with one attached hydrogen (secondary N) is 2. The Morgan fingerprint density at radius 1 is 1.12 bits per heavy atom. The van der Waals surface area contributed by atoms with Gasteiger partial charge in [-0.15, -0.1) is 24.0 Å². The maximum atomic E-state index is 12.2. The van der Waals surface area contributed by atoms with E-state index in [0.717, 1.165) is 19.5 Å². The highest BCUT2D eigenvalue weighted by Crippen LogP contribution is 2.10. The minimum atomic E-state index is -3.22. The number of nitrogens with zero attached hydrogens (tertiary/aromatic N) is 3. The number of aromatic nitrogens is 2. The minimum Gasteiger partial charge on any atom is -0.356 e. The van der Waals surface area contributed by atoms with E-state index in [4.69, 9.17) is 0 Å². The lowest BCUT2D eigenvalue weighted by Crippen LogP contribution is -2.38. The van der Waals surface area contributed by atoms with Crippen molar-refractivity contribution >= 4 is 39.8 Å². The maximum Gasteiger partial charge on any atom is 0.190 e. The fourth-order valence-corrected chi connectivity index (χ4v) is 3.65. The van der Waals surface area contributed by atoms with Crippen LogP contribution in [0.4, 0.5) is 0 Å². The van der Waals surface area contributed by atoms with Crippen LogP contribution in [0.25, 0.3) is 0 Å². The Morgan fingerprint density at radius 3 is 2.42 bits per heavy atom. The molecule has 1 aromatic carbocycles. The zero-order valence-corrected chi connectivity index (χ0v) is 18.0. The van der Waals surface area contributed by atoms with Crippen LogP contribution < -0.4 is 10.6 Å². The molecule has 0 bridgehead atoms. The number of aliphatic imine (C=N–C) groups is 1. The predicted octanol–water partition coefficient (Wildman–Crippen LogP) is 1.92. The largest absolute Gasteiger partial charge is 0.356 e. The van der Waals surface area contributed by atoms with Crippen molar-refractivity contribution in [2.75, 3.05) is 25.9 Å². The van der Waals surface area contributed by atoms with E-state index in [2.05, 4.69) is 20.7 Å². The number of hydrogen-bond donors (Lipinski definition) is 2. The monoisotopic (exact) mass is 491 g/mol. The van der Waals surface area contributed by atoms with Crippen molar-refractivity contribution in [2.24, 2.45) is 4.99 Å². The van der Waals surface area contributed by atoms with Crippen LogP contribution >= 0.6 is 24.0 Å². The Bertz CT molecular complexity index is 749. The van der Waals surface area contributed by atoms with E-state index >= 15 is 0 Å². The van der Waals surface area contributed by atoms with Crippen LogP contribution in [0.2, 0.25) is 0 Å². The van der Waals surface area contributed by atoms with Crippen LogP contribution in [-0.4, -0.2) is 50.0 Å². The summed E-state index contributed by atoms with van der Waals surface area (Å²) in [6.07, 6.45) is 5.13. The highest BCUT2D eigenvalue weighted by molar-refractivity contribution is 14.0. The van der Waals surface area contributed by atoms with Crippen molar-refractivity contribution < 1.29 is 8.42 Å². The number of sulfone groups is 1. The zero-order chi connectivity index (χ0) is 18.0. The quantitative estimate of drug-likeness (QED) is 0.242. The molecule has 2 N–H and O–H groups in total. The summed E-state index contributed by atoms with van der Waals surface area (Å²) >= 11 is 0. The summed E-state index contributed by atoms with van der Waals surface area (Å²) in [5.41, 5.74) is 0. The van der Waals surface area contributed by atoms with Crippen molar-refractivity contribution in [3.63, 3.8) is 0 Å². The first-order chi connectivity index (χ1) is 12.1. The lowest BCUT2D eigenvalue weighted by Gasteiger charge is -2.12. The smallest absolute Gasteiger partial charge is 0.190 e. The summed E-state index contributed by atoms with van der Waals surface area (Å²) in [7, 11) is -1.52. The molecule has 0 aliphatic carbocycles. The fourth-order valence-electron chi connectivity index (χ4n) is 2.32. The highest BCUT2D eigenvalue weighted by Gasteiger charge is 2.13. The number of aryl methyl sites for hydroxylation is 1. The van der Waals surface area contributed by atoms with Gasteiger partial charge in [-0.2, -0.15) is 5.10 Å². The van der Waals surface area contributed by atoms with Gasteiger partial charge >= 0.3 is 0 Å². The van der Waals surface area contributed by atoms with Gasteiger partial charge in [-0.3, -0.25) is 9.67 Å². The first kappa shape index (κ1) is 22.4.